The van der Waals surface area contributed by atoms with Crippen LogP contribution in [0, 0.1) is 0 Å². The van der Waals surface area contributed by atoms with Crippen LogP contribution in [0.5, 0.6) is 5.75 Å². The van der Waals surface area contributed by atoms with Crippen molar-refractivity contribution >= 4 is 44.7 Å². The van der Waals surface area contributed by atoms with E-state index in [1.165, 1.54) is 0 Å². The van der Waals surface area contributed by atoms with E-state index in [0.29, 0.717) is 5.82 Å². The topological polar surface area (TPSA) is 47.0 Å². The van der Waals surface area contributed by atoms with Crippen molar-refractivity contribution in [2.24, 2.45) is 0 Å². The zero-order valence-electron chi connectivity index (χ0n) is 13.4. The number of ether oxygens (including phenoxy) is 1. The molecule has 4 nitrogen and oxygen atoms in total. The first-order valence-electron chi connectivity index (χ1n) is 7.66. The van der Waals surface area contributed by atoms with Gasteiger partial charge >= 0.3 is 0 Å². The van der Waals surface area contributed by atoms with Gasteiger partial charge in [-0.15, -0.1) is 11.3 Å². The zero-order valence-corrected chi connectivity index (χ0v) is 14.9. The van der Waals surface area contributed by atoms with Crippen LogP contribution in [0.25, 0.3) is 21.3 Å². The van der Waals surface area contributed by atoms with Crippen LogP contribution in [0.4, 0.5) is 11.5 Å². The van der Waals surface area contributed by atoms with Gasteiger partial charge in [0.2, 0.25) is 5.28 Å². The van der Waals surface area contributed by atoms with E-state index in [-0.39, 0.29) is 5.28 Å². The molecule has 4 aromatic rings. The molecule has 2 aromatic heterocycles. The van der Waals surface area contributed by atoms with Gasteiger partial charge in [-0.3, -0.25) is 0 Å². The molecule has 124 valence electrons. The molecule has 4 rings (SSSR count). The van der Waals surface area contributed by atoms with Gasteiger partial charge in [-0.25, -0.2) is 4.98 Å². The quantitative estimate of drug-likeness (QED) is 0.465. The molecule has 0 unspecified atom stereocenters. The number of nitrogens with zero attached hydrogens (tertiary/aromatic N) is 2. The molecule has 0 aliphatic rings. The van der Waals surface area contributed by atoms with Gasteiger partial charge in [-0.1, -0.05) is 30.3 Å². The van der Waals surface area contributed by atoms with Gasteiger partial charge in [0.15, 0.2) is 0 Å². The fourth-order valence-electron chi connectivity index (χ4n) is 2.65. The Morgan fingerprint density at radius 2 is 1.76 bits per heavy atom. The second kappa shape index (κ2) is 6.70. The fourth-order valence-corrected chi connectivity index (χ4v) is 3.81. The van der Waals surface area contributed by atoms with Crippen molar-refractivity contribution < 1.29 is 4.74 Å². The van der Waals surface area contributed by atoms with Crippen molar-refractivity contribution in [2.75, 3.05) is 12.4 Å². The lowest BCUT2D eigenvalue weighted by molar-refractivity contribution is 0.415. The van der Waals surface area contributed by atoms with Gasteiger partial charge in [0.1, 0.15) is 16.4 Å². The summed E-state index contributed by atoms with van der Waals surface area (Å²) in [7, 11) is 1.66. The highest BCUT2D eigenvalue weighted by Crippen LogP contribution is 2.38. The Balaban J connectivity index is 1.85. The van der Waals surface area contributed by atoms with Crippen LogP contribution in [0.2, 0.25) is 5.28 Å². The molecule has 25 heavy (non-hydrogen) atoms. The van der Waals surface area contributed by atoms with Crippen LogP contribution < -0.4 is 10.1 Å². The largest absolute Gasteiger partial charge is 0.497 e. The van der Waals surface area contributed by atoms with Crippen molar-refractivity contribution in [2.45, 2.75) is 0 Å². The van der Waals surface area contributed by atoms with E-state index in [9.17, 15) is 0 Å². The second-order valence-electron chi connectivity index (χ2n) is 5.39. The number of hydrogen-bond acceptors (Lipinski definition) is 5. The number of nitrogens with one attached hydrogen (secondary N) is 1. The highest BCUT2D eigenvalue weighted by molar-refractivity contribution is 7.17. The maximum Gasteiger partial charge on any atom is 0.225 e. The van der Waals surface area contributed by atoms with E-state index in [0.717, 1.165) is 32.8 Å². The van der Waals surface area contributed by atoms with E-state index in [4.69, 9.17) is 16.3 Å². The van der Waals surface area contributed by atoms with Gasteiger partial charge in [0, 0.05) is 16.6 Å². The number of hydrogen-bond donors (Lipinski definition) is 1. The maximum absolute atomic E-state index is 6.11. The molecule has 0 radical (unpaired) electrons. The molecule has 0 saturated carbocycles. The number of para-hydroxylation sites is 1. The van der Waals surface area contributed by atoms with Crippen LogP contribution in [0.15, 0.2) is 60.0 Å². The number of benzene rings is 2. The molecule has 2 aromatic carbocycles. The minimum Gasteiger partial charge on any atom is -0.497 e. The van der Waals surface area contributed by atoms with Crippen molar-refractivity contribution in [3.63, 3.8) is 0 Å². The zero-order chi connectivity index (χ0) is 17.2. The lowest BCUT2D eigenvalue weighted by Gasteiger charge is -2.09. The van der Waals surface area contributed by atoms with Crippen LogP contribution in [-0.2, 0) is 0 Å². The fraction of sp³-hybridized carbons (Fsp3) is 0.0526. The van der Waals surface area contributed by atoms with Crippen LogP contribution in [0.3, 0.4) is 0 Å². The summed E-state index contributed by atoms with van der Waals surface area (Å²) in [5.74, 6) is 1.53. The monoisotopic (exact) mass is 367 g/mol. The van der Waals surface area contributed by atoms with E-state index >= 15 is 0 Å². The molecule has 0 atom stereocenters. The SMILES string of the molecule is COc1ccc(-c2csc3nc(Cl)nc(Nc4ccccc4)c23)cc1. The lowest BCUT2D eigenvalue weighted by Crippen LogP contribution is -1.96. The summed E-state index contributed by atoms with van der Waals surface area (Å²) >= 11 is 7.66. The van der Waals surface area contributed by atoms with Crippen LogP contribution in [-0.4, -0.2) is 17.1 Å². The Bertz CT molecular complexity index is 1020. The summed E-state index contributed by atoms with van der Waals surface area (Å²) in [6.45, 7) is 0. The van der Waals surface area contributed by atoms with Crippen molar-refractivity contribution in [1.82, 2.24) is 9.97 Å². The molecule has 0 aliphatic carbocycles. The second-order valence-corrected chi connectivity index (χ2v) is 6.59. The molecule has 1 N–H and O–H groups in total. The van der Waals surface area contributed by atoms with Gasteiger partial charge in [0.05, 0.1) is 12.5 Å². The number of halogens is 1. The van der Waals surface area contributed by atoms with Crippen LogP contribution >= 0.6 is 22.9 Å². The highest BCUT2D eigenvalue weighted by atomic mass is 35.5. The van der Waals surface area contributed by atoms with Crippen LogP contribution in [0.1, 0.15) is 0 Å². The smallest absolute Gasteiger partial charge is 0.225 e. The van der Waals surface area contributed by atoms with E-state index in [1.54, 1.807) is 18.4 Å². The summed E-state index contributed by atoms with van der Waals surface area (Å²) in [5.41, 5.74) is 3.09. The molecule has 0 fully saturated rings. The first-order chi connectivity index (χ1) is 12.2. The Kier molecular flexibility index (Phi) is 4.26. The molecule has 0 saturated heterocycles. The Morgan fingerprint density at radius 1 is 1.00 bits per heavy atom. The first kappa shape index (κ1) is 15.9. The minimum absolute atomic E-state index is 0.231. The number of anilines is 2. The summed E-state index contributed by atoms with van der Waals surface area (Å²) < 4.78 is 5.24. The predicted molar refractivity (Wildman–Crippen MR) is 104 cm³/mol. The predicted octanol–water partition coefficient (Wildman–Crippen LogP) is 5.76. The van der Waals surface area contributed by atoms with E-state index in [2.05, 4.69) is 20.7 Å². The average molecular weight is 368 g/mol. The summed E-state index contributed by atoms with van der Waals surface area (Å²) in [6.07, 6.45) is 0. The number of methoxy groups -OCH3 is 1. The Morgan fingerprint density at radius 3 is 2.48 bits per heavy atom. The third kappa shape index (κ3) is 3.16. The van der Waals surface area contributed by atoms with Crippen molar-refractivity contribution in [3.8, 4) is 16.9 Å². The van der Waals surface area contributed by atoms with E-state index < -0.39 is 0 Å². The molecule has 0 amide bonds. The normalized spacial score (nSPS) is 10.8. The van der Waals surface area contributed by atoms with Gasteiger partial charge < -0.3 is 10.1 Å². The molecule has 0 spiro atoms. The summed E-state index contributed by atoms with van der Waals surface area (Å²) in [5, 5.41) is 6.62. The third-order valence-electron chi connectivity index (χ3n) is 3.84. The summed E-state index contributed by atoms with van der Waals surface area (Å²) in [6, 6.07) is 17.8. The number of aromatic nitrogens is 2. The molecule has 2 heterocycles. The molecular weight excluding hydrogens is 354 g/mol. The van der Waals surface area contributed by atoms with Gasteiger partial charge in [0.25, 0.3) is 0 Å². The number of fused-ring (bicyclic) bond motifs is 1. The molecule has 0 aliphatic heterocycles. The van der Waals surface area contributed by atoms with Crippen molar-refractivity contribution in [1.29, 1.82) is 0 Å². The van der Waals surface area contributed by atoms with E-state index in [1.807, 2.05) is 54.6 Å². The summed E-state index contributed by atoms with van der Waals surface area (Å²) in [4.78, 5) is 9.63. The molecule has 0 bridgehead atoms. The molecule has 6 heteroatoms. The lowest BCUT2D eigenvalue weighted by atomic mass is 10.1. The standard InChI is InChI=1S/C19H14ClN3OS/c1-24-14-9-7-12(8-10-14)15-11-25-18-16(15)17(22-19(20)23-18)21-13-5-3-2-4-6-13/h2-11H,1H3,(H,21,22,23). The van der Waals surface area contributed by atoms with Crippen molar-refractivity contribution in [3.05, 3.63) is 65.3 Å². The van der Waals surface area contributed by atoms with Gasteiger partial charge in [-0.05, 0) is 41.4 Å². The number of rotatable bonds is 4. The average Bonchev–Trinajstić information content (AvgIpc) is 3.06. The highest BCUT2D eigenvalue weighted by Gasteiger charge is 2.15. The number of thiophene rings is 1. The molecular formula is C19H14ClN3OS. The Labute approximate surface area is 154 Å². The Hall–Kier alpha value is -2.63. The third-order valence-corrected chi connectivity index (χ3v) is 4.89. The van der Waals surface area contributed by atoms with Gasteiger partial charge in [-0.2, -0.15) is 4.98 Å². The maximum atomic E-state index is 6.11. The first-order valence-corrected chi connectivity index (χ1v) is 8.91. The minimum atomic E-state index is 0.231.